The van der Waals surface area contributed by atoms with Crippen molar-refractivity contribution in [3.05, 3.63) is 23.3 Å². The van der Waals surface area contributed by atoms with Crippen molar-refractivity contribution in [2.75, 3.05) is 0 Å². The third-order valence-electron chi connectivity index (χ3n) is 2.57. The monoisotopic (exact) mass is 698 g/mol. The molecule has 26 heteroatoms. The summed E-state index contributed by atoms with van der Waals surface area (Å²) >= 11 is 0. The molecule has 4 aromatic rings. The average Bonchev–Trinajstić information content (AvgIpc) is 3.45. The van der Waals surface area contributed by atoms with Crippen LogP contribution < -0.4 is 31.3 Å². The van der Waals surface area contributed by atoms with Gasteiger partial charge in [-0.05, 0) is 0 Å². The van der Waals surface area contributed by atoms with Crippen LogP contribution in [0.3, 0.4) is 0 Å². The Kier molecular flexibility index (Phi) is 36.1. The smallest absolute Gasteiger partial charge is 0.457 e. The van der Waals surface area contributed by atoms with Crippen molar-refractivity contribution in [1.29, 1.82) is 0 Å². The van der Waals surface area contributed by atoms with Crippen LogP contribution in [-0.4, -0.2) is 72.8 Å². The van der Waals surface area contributed by atoms with E-state index in [4.69, 9.17) is 0 Å². The van der Waals surface area contributed by atoms with Crippen molar-refractivity contribution in [3.8, 4) is 0 Å². The van der Waals surface area contributed by atoms with E-state index in [0.29, 0.717) is 49.5 Å². The Morgan fingerprint density at radius 2 is 0.912 bits per heavy atom. The third kappa shape index (κ3) is 17.3. The molecule has 0 unspecified atom stereocenters. The molecule has 0 bridgehead atoms. The molecule has 4 heterocycles. The van der Waals surface area contributed by atoms with Gasteiger partial charge in [-0.2, -0.15) is 10.4 Å². The van der Waals surface area contributed by atoms with Crippen molar-refractivity contribution in [1.82, 2.24) is 93.1 Å². The van der Waals surface area contributed by atoms with E-state index >= 15 is 0 Å². The predicted molar refractivity (Wildman–Crippen MR) is 100 cm³/mol. The summed E-state index contributed by atoms with van der Waals surface area (Å²) in [6.07, 6.45) is 0. The van der Waals surface area contributed by atoms with E-state index in [2.05, 4.69) is 93.1 Å². The minimum atomic E-state index is 0. The number of tetrazole rings is 4. The van der Waals surface area contributed by atoms with Gasteiger partial charge in [-0.1, -0.05) is 0 Å². The predicted octanol–water partition coefficient (Wildman–Crippen LogP) is -10.8. The second-order valence-corrected chi connectivity index (χ2v) is 4.39. The number of nitrogens with one attached hydrogen (secondary N) is 2. The van der Waals surface area contributed by atoms with Gasteiger partial charge in [-0.15, -0.1) is 0 Å². The van der Waals surface area contributed by atoms with Crippen LogP contribution in [0.5, 0.6) is 0 Å². The Hall–Kier alpha value is -2.20. The molecule has 4 aromatic heterocycles. The van der Waals surface area contributed by atoms with Gasteiger partial charge in [0.15, 0.2) is 0 Å². The van der Waals surface area contributed by atoms with Crippen molar-refractivity contribution >= 4 is 0 Å². The van der Waals surface area contributed by atoms with Crippen LogP contribution in [0.1, 0.15) is 23.3 Å². The van der Waals surface area contributed by atoms with E-state index in [1.165, 1.54) is 0 Å². The van der Waals surface area contributed by atoms with E-state index in [1.807, 2.05) is 0 Å². The fourth-order valence-corrected chi connectivity index (χ4v) is 1.51. The van der Waals surface area contributed by atoms with Gasteiger partial charge in [0.05, 0.1) is 11.6 Å². The molecule has 34 heavy (non-hydrogen) atoms. The topological polar surface area (TPSA) is 430 Å². The molecule has 0 fully saturated rings. The maximum Gasteiger partial charge on any atom is 2.00 e. The molecular weight excluding hydrogens is 669 g/mol. The molecule has 0 aromatic carbocycles. The molecule has 0 saturated heterocycles. The fourth-order valence-electron chi connectivity index (χ4n) is 1.51. The van der Waals surface area contributed by atoms with Crippen LogP contribution >= 0.6 is 0 Å². The van der Waals surface area contributed by atoms with Crippen molar-refractivity contribution in [3.63, 3.8) is 0 Å². The summed E-state index contributed by atoms with van der Waals surface area (Å²) < 4.78 is 0. The first kappa shape index (κ1) is 45.3. The summed E-state index contributed by atoms with van der Waals surface area (Å²) in [5.41, 5.74) is 0. The third-order valence-corrected chi connectivity index (χ3v) is 2.57. The molecule has 0 amide bonds. The second-order valence-electron chi connectivity index (χ2n) is 4.39. The molecule has 24 nitrogen and oxygen atoms in total. The van der Waals surface area contributed by atoms with Gasteiger partial charge < -0.3 is 63.9 Å². The zero-order chi connectivity index (χ0) is 17.9. The summed E-state index contributed by atoms with van der Waals surface area (Å²) in [5, 5.41) is 61.6. The molecule has 0 aliphatic rings. The minimum absolute atomic E-state index is 0. The Balaban J connectivity index is -0.0000000933. The maximum atomic E-state index is 3.63. The molecule has 184 valence electrons. The van der Waals surface area contributed by atoms with Gasteiger partial charge in [0.25, 0.3) is 0 Å². The fraction of sp³-hybridized carbons (Fsp3) is 0.500. The number of nitrogens with zero attached hydrogens (tertiary/aromatic N) is 16. The van der Waals surface area contributed by atoms with Gasteiger partial charge >= 0.3 is 54.6 Å². The summed E-state index contributed by atoms with van der Waals surface area (Å²) in [4.78, 5) is 0. The molecule has 0 saturated carbocycles. The van der Waals surface area contributed by atoms with Crippen LogP contribution in [-0.2, 0) is 103 Å². The van der Waals surface area contributed by atoms with E-state index in [9.17, 15) is 0 Å². The number of hydrogen-bond donors (Lipinski definition) is 2. The number of aromatic nitrogens is 16. The van der Waals surface area contributed by atoms with Crippen LogP contribution in [0.4, 0.5) is 0 Å². The standard InChI is InChI=1S/2C4H5N9.2Cd.6H2O/c2*1(3-6-10-11-7-3)5-2-4-8-12-13-9-4;;;;;;;;/h2*5H,1-2H2;;;6*1H2/q2*-2;2*+2;;;;;;/p+4. The largest absolute Gasteiger partial charge is 2.00 e. The van der Waals surface area contributed by atoms with Gasteiger partial charge in [-0.3, -0.25) is 41.5 Å². The normalized spacial score (nSPS) is 8.00. The van der Waals surface area contributed by atoms with Crippen LogP contribution in [0.15, 0.2) is 0 Å². The summed E-state index contributed by atoms with van der Waals surface area (Å²) in [6.45, 7) is 1.90. The second kappa shape index (κ2) is 27.1. The zero-order valence-electron chi connectivity index (χ0n) is 17.7. The maximum absolute atomic E-state index is 3.63. The van der Waals surface area contributed by atoms with Crippen molar-refractivity contribution in [2.45, 2.75) is 26.2 Å². The quantitative estimate of drug-likeness (QED) is 0.128. The first-order valence-corrected chi connectivity index (χ1v) is 7.02. The van der Waals surface area contributed by atoms with Crippen molar-refractivity contribution in [2.24, 2.45) is 0 Å². The molecular formula is C8H26Cd2N18O6+4. The van der Waals surface area contributed by atoms with E-state index in [1.54, 1.807) is 0 Å². The molecule has 0 aliphatic carbocycles. The van der Waals surface area contributed by atoms with Gasteiger partial charge in [-0.25, -0.2) is 10.2 Å². The van der Waals surface area contributed by atoms with E-state index in [-0.39, 0.29) is 87.5 Å². The molecule has 18 N–H and O–H groups in total. The SMILES string of the molecule is C(NCc1nnn[n-]1)c1nn[n-]n1.C(NCc1nnn[n-]1)c1nn[n-]n1.O.O.[Cd+2].[Cd+2].[OH3+].[OH3+].[OH3+].[OH3+]. The Labute approximate surface area is 229 Å². The summed E-state index contributed by atoms with van der Waals surface area (Å²) in [6, 6.07) is 0. The molecule has 4 rings (SSSR count). The first-order valence-electron chi connectivity index (χ1n) is 7.02. The Morgan fingerprint density at radius 1 is 0.529 bits per heavy atom. The average molecular weight is 695 g/mol. The minimum Gasteiger partial charge on any atom is -0.457 e. The zero-order valence-corrected chi connectivity index (χ0v) is 25.8. The van der Waals surface area contributed by atoms with Crippen LogP contribution in [0, 0.1) is 0 Å². The molecule has 0 spiro atoms. The first-order chi connectivity index (χ1) is 12.9. The van der Waals surface area contributed by atoms with Crippen LogP contribution in [0.25, 0.3) is 0 Å². The molecule has 0 aliphatic heterocycles. The molecule has 0 radical (unpaired) electrons. The van der Waals surface area contributed by atoms with Crippen molar-refractivity contribution < 1.29 is 87.5 Å². The summed E-state index contributed by atoms with van der Waals surface area (Å²) in [5.74, 6) is 2.14. The Bertz CT molecular complexity index is 680. The van der Waals surface area contributed by atoms with Gasteiger partial charge in [0.1, 0.15) is 0 Å². The van der Waals surface area contributed by atoms with Gasteiger partial charge in [0.2, 0.25) is 0 Å². The van der Waals surface area contributed by atoms with E-state index < -0.39 is 0 Å². The number of hydrogen-bond acceptors (Lipinski definition) is 14. The van der Waals surface area contributed by atoms with Crippen LogP contribution in [0.2, 0.25) is 0 Å². The molecule has 0 atom stereocenters. The summed E-state index contributed by atoms with van der Waals surface area (Å²) in [7, 11) is 0. The number of rotatable bonds is 8. The Morgan fingerprint density at radius 3 is 1.18 bits per heavy atom. The van der Waals surface area contributed by atoms with Gasteiger partial charge in [0, 0.05) is 37.8 Å². The van der Waals surface area contributed by atoms with E-state index in [0.717, 1.165) is 0 Å².